The van der Waals surface area contributed by atoms with E-state index in [-0.39, 0.29) is 36.3 Å². The van der Waals surface area contributed by atoms with Gasteiger partial charge in [-0.15, -0.1) is 24.8 Å². The van der Waals surface area contributed by atoms with Crippen LogP contribution in [0.1, 0.15) is 38.5 Å². The zero-order valence-electron chi connectivity index (χ0n) is 14.7. The van der Waals surface area contributed by atoms with Crippen LogP contribution in [0.25, 0.3) is 0 Å². The van der Waals surface area contributed by atoms with Gasteiger partial charge >= 0.3 is 0 Å². The highest BCUT2D eigenvalue weighted by molar-refractivity contribution is 5.95. The predicted molar refractivity (Wildman–Crippen MR) is 108 cm³/mol. The Morgan fingerprint density at radius 3 is 2.04 bits per heavy atom. The number of nitrogens with one attached hydrogen (secondary N) is 3. The van der Waals surface area contributed by atoms with Crippen LogP contribution in [0.4, 0.5) is 11.4 Å². The standard InChI is InChI=1S/C19H27N3O.2ClH/c1-20-12-18(23)21-16-4-2-3-5-17(16)22-19-9-13-6-14(10-19)8-15(7-13)11-19;;/h2-5,13-15,20,22H,6-12H2,1H3,(H,21,23);2*1H. The molecule has 4 nitrogen and oxygen atoms in total. The minimum atomic E-state index is 0. The third-order valence-electron chi connectivity index (χ3n) is 5.98. The van der Waals surface area contributed by atoms with E-state index < -0.39 is 0 Å². The number of rotatable bonds is 5. The topological polar surface area (TPSA) is 53.2 Å². The van der Waals surface area contributed by atoms with Crippen molar-refractivity contribution in [1.82, 2.24) is 5.32 Å². The molecule has 3 N–H and O–H groups in total. The average Bonchev–Trinajstić information content (AvgIpc) is 2.48. The Morgan fingerprint density at radius 2 is 1.52 bits per heavy atom. The first-order valence-electron chi connectivity index (χ1n) is 8.97. The molecule has 6 heteroatoms. The van der Waals surface area contributed by atoms with Crippen molar-refractivity contribution in [2.75, 3.05) is 24.2 Å². The molecule has 4 aliphatic rings. The molecule has 25 heavy (non-hydrogen) atoms. The van der Waals surface area contributed by atoms with Gasteiger partial charge in [0.1, 0.15) is 0 Å². The molecule has 1 aromatic carbocycles. The summed E-state index contributed by atoms with van der Waals surface area (Å²) in [6.07, 6.45) is 8.25. The minimum Gasteiger partial charge on any atom is -0.378 e. The van der Waals surface area contributed by atoms with E-state index in [1.807, 2.05) is 12.1 Å². The molecule has 4 aliphatic carbocycles. The van der Waals surface area contributed by atoms with E-state index in [0.29, 0.717) is 6.54 Å². The summed E-state index contributed by atoms with van der Waals surface area (Å²) in [5.74, 6) is 2.76. The van der Waals surface area contributed by atoms with E-state index in [1.165, 1.54) is 38.5 Å². The monoisotopic (exact) mass is 385 g/mol. The smallest absolute Gasteiger partial charge is 0.238 e. The number of carbonyl (C=O) groups excluding carboxylic acids is 1. The summed E-state index contributed by atoms with van der Waals surface area (Å²) >= 11 is 0. The van der Waals surface area contributed by atoms with Crippen LogP contribution in [0.2, 0.25) is 0 Å². The normalized spacial score (nSPS) is 31.6. The summed E-state index contributed by atoms with van der Waals surface area (Å²) in [5.41, 5.74) is 2.25. The fourth-order valence-corrected chi connectivity index (χ4v) is 5.61. The maximum Gasteiger partial charge on any atom is 0.238 e. The first kappa shape index (κ1) is 20.3. The van der Waals surface area contributed by atoms with Gasteiger partial charge in [-0.2, -0.15) is 0 Å². The Kier molecular flexibility index (Phi) is 6.63. The molecule has 0 heterocycles. The Bertz CT molecular complexity index is 573. The lowest BCUT2D eigenvalue weighted by molar-refractivity contribution is -0.115. The van der Waals surface area contributed by atoms with Crippen molar-refractivity contribution in [2.45, 2.75) is 44.1 Å². The Labute approximate surface area is 162 Å². The van der Waals surface area contributed by atoms with E-state index in [0.717, 1.165) is 29.1 Å². The Hall–Kier alpha value is -0.970. The van der Waals surface area contributed by atoms with Gasteiger partial charge in [-0.1, -0.05) is 12.1 Å². The summed E-state index contributed by atoms with van der Waals surface area (Å²) < 4.78 is 0. The van der Waals surface area contributed by atoms with Crippen molar-refractivity contribution in [3.8, 4) is 0 Å². The maximum absolute atomic E-state index is 11.9. The van der Waals surface area contributed by atoms with Gasteiger partial charge in [0.25, 0.3) is 0 Å². The highest BCUT2D eigenvalue weighted by Crippen LogP contribution is 2.56. The Morgan fingerprint density at radius 1 is 1.00 bits per heavy atom. The molecule has 0 saturated heterocycles. The lowest BCUT2D eigenvalue weighted by Crippen LogP contribution is -2.54. The molecule has 0 atom stereocenters. The van der Waals surface area contributed by atoms with Gasteiger partial charge in [-0.25, -0.2) is 0 Å². The van der Waals surface area contributed by atoms with Crippen molar-refractivity contribution < 1.29 is 4.79 Å². The van der Waals surface area contributed by atoms with Crippen molar-refractivity contribution in [1.29, 1.82) is 0 Å². The summed E-state index contributed by atoms with van der Waals surface area (Å²) in [7, 11) is 1.79. The van der Waals surface area contributed by atoms with Crippen LogP contribution in [0.3, 0.4) is 0 Å². The van der Waals surface area contributed by atoms with E-state index in [1.54, 1.807) is 7.05 Å². The predicted octanol–water partition coefficient (Wildman–Crippen LogP) is 4.07. The SMILES string of the molecule is CNCC(=O)Nc1ccccc1NC12CC3CC(CC(C3)C1)C2.Cl.Cl. The van der Waals surface area contributed by atoms with Crippen LogP contribution in [-0.2, 0) is 4.79 Å². The zero-order valence-corrected chi connectivity index (χ0v) is 16.3. The van der Waals surface area contributed by atoms with E-state index in [2.05, 4.69) is 28.1 Å². The molecule has 0 spiro atoms. The van der Waals surface area contributed by atoms with Crippen LogP contribution in [-0.4, -0.2) is 25.0 Å². The minimum absolute atomic E-state index is 0. The maximum atomic E-state index is 11.9. The first-order chi connectivity index (χ1) is 11.2. The Balaban J connectivity index is 0.00000113. The largest absolute Gasteiger partial charge is 0.378 e. The van der Waals surface area contributed by atoms with Crippen LogP contribution in [0.5, 0.6) is 0 Å². The third-order valence-corrected chi connectivity index (χ3v) is 5.98. The first-order valence-corrected chi connectivity index (χ1v) is 8.97. The number of hydrogen-bond donors (Lipinski definition) is 3. The molecule has 0 aliphatic heterocycles. The second kappa shape index (κ2) is 8.15. The van der Waals surface area contributed by atoms with Crippen LogP contribution in [0.15, 0.2) is 24.3 Å². The summed E-state index contributed by atoms with van der Waals surface area (Å²) in [6, 6.07) is 8.14. The van der Waals surface area contributed by atoms with Gasteiger partial charge in [-0.3, -0.25) is 4.79 Å². The number of para-hydroxylation sites is 2. The van der Waals surface area contributed by atoms with Gasteiger partial charge in [0.05, 0.1) is 17.9 Å². The van der Waals surface area contributed by atoms with Crippen molar-refractivity contribution >= 4 is 42.1 Å². The third kappa shape index (κ3) is 4.24. The van der Waals surface area contributed by atoms with Gasteiger partial charge < -0.3 is 16.0 Å². The highest BCUT2D eigenvalue weighted by atomic mass is 35.5. The summed E-state index contributed by atoms with van der Waals surface area (Å²) in [6.45, 7) is 0.339. The molecule has 4 bridgehead atoms. The number of likely N-dealkylation sites (N-methyl/N-ethyl adjacent to an activating group) is 1. The molecule has 140 valence electrons. The molecule has 1 amide bonds. The van der Waals surface area contributed by atoms with Crippen molar-refractivity contribution in [3.05, 3.63) is 24.3 Å². The molecule has 0 radical (unpaired) electrons. The summed E-state index contributed by atoms with van der Waals surface area (Å²) in [5, 5.41) is 9.80. The van der Waals surface area contributed by atoms with E-state index in [9.17, 15) is 4.79 Å². The molecule has 0 aromatic heterocycles. The zero-order chi connectivity index (χ0) is 15.9. The van der Waals surface area contributed by atoms with Crippen molar-refractivity contribution in [2.24, 2.45) is 17.8 Å². The van der Waals surface area contributed by atoms with Gasteiger partial charge in [0.2, 0.25) is 5.91 Å². The fraction of sp³-hybridized carbons (Fsp3) is 0.632. The average molecular weight is 386 g/mol. The number of carbonyl (C=O) groups is 1. The van der Waals surface area contributed by atoms with Gasteiger partial charge in [0, 0.05) is 5.54 Å². The molecule has 1 aromatic rings. The fourth-order valence-electron chi connectivity index (χ4n) is 5.61. The van der Waals surface area contributed by atoms with Crippen molar-refractivity contribution in [3.63, 3.8) is 0 Å². The second-order valence-electron chi connectivity index (χ2n) is 7.95. The van der Waals surface area contributed by atoms with Gasteiger partial charge in [-0.05, 0) is 75.5 Å². The van der Waals surface area contributed by atoms with Crippen LogP contribution in [0, 0.1) is 17.8 Å². The lowest BCUT2D eigenvalue weighted by atomic mass is 9.53. The van der Waals surface area contributed by atoms with Gasteiger partial charge in [0.15, 0.2) is 0 Å². The second-order valence-corrected chi connectivity index (χ2v) is 7.95. The number of benzene rings is 1. The molecule has 4 saturated carbocycles. The highest BCUT2D eigenvalue weighted by Gasteiger charge is 2.51. The number of halogens is 2. The molecule has 0 unspecified atom stereocenters. The molecule has 5 rings (SSSR count). The van der Waals surface area contributed by atoms with E-state index >= 15 is 0 Å². The number of anilines is 2. The summed E-state index contributed by atoms with van der Waals surface area (Å²) in [4.78, 5) is 11.9. The van der Waals surface area contributed by atoms with Crippen LogP contribution < -0.4 is 16.0 Å². The van der Waals surface area contributed by atoms with E-state index in [4.69, 9.17) is 0 Å². The molecule has 4 fully saturated rings. The molecular weight excluding hydrogens is 357 g/mol. The lowest BCUT2D eigenvalue weighted by Gasteiger charge is -2.57. The molecular formula is C19H29Cl2N3O. The number of amides is 1. The number of hydrogen-bond acceptors (Lipinski definition) is 3. The quantitative estimate of drug-likeness (QED) is 0.715. The van der Waals surface area contributed by atoms with Crippen LogP contribution >= 0.6 is 24.8 Å².